The summed E-state index contributed by atoms with van der Waals surface area (Å²) in [5.41, 5.74) is 3.97. The van der Waals surface area contributed by atoms with Crippen LogP contribution in [0.3, 0.4) is 0 Å². The Morgan fingerprint density at radius 2 is 1.90 bits per heavy atom. The van der Waals surface area contributed by atoms with E-state index in [1.54, 1.807) is 0 Å². The summed E-state index contributed by atoms with van der Waals surface area (Å²) < 4.78 is 25.9. The van der Waals surface area contributed by atoms with Gasteiger partial charge in [-0.05, 0) is 47.6 Å². The van der Waals surface area contributed by atoms with E-state index in [0.29, 0.717) is 30.5 Å². The van der Waals surface area contributed by atoms with Crippen LogP contribution in [0.4, 0.5) is 0 Å². The number of hydrogen-bond donors (Lipinski definition) is 2. The van der Waals surface area contributed by atoms with E-state index < -0.39 is 10.1 Å². The third-order valence-corrected chi connectivity index (χ3v) is 6.20. The molecule has 1 saturated heterocycles. The second kappa shape index (κ2) is 8.19. The third kappa shape index (κ3) is 4.32. The molecule has 1 aliphatic carbocycles. The fourth-order valence-corrected chi connectivity index (χ4v) is 5.04. The lowest BCUT2D eigenvalue weighted by Gasteiger charge is -2.56. The Morgan fingerprint density at radius 1 is 1.24 bits per heavy atom. The fraction of sp³-hybridized carbons (Fsp3) is 0.391. The van der Waals surface area contributed by atoms with E-state index in [1.807, 2.05) is 12.1 Å². The van der Waals surface area contributed by atoms with Gasteiger partial charge in [0.05, 0.1) is 12.8 Å². The molecule has 1 fully saturated rings. The van der Waals surface area contributed by atoms with E-state index in [2.05, 4.69) is 54.1 Å². The van der Waals surface area contributed by atoms with Crippen molar-refractivity contribution in [2.24, 2.45) is 5.92 Å². The largest absolute Gasteiger partial charge is 0.508 e. The van der Waals surface area contributed by atoms with Gasteiger partial charge in [0.2, 0.25) is 0 Å². The van der Waals surface area contributed by atoms with E-state index in [1.165, 1.54) is 16.7 Å². The minimum atomic E-state index is -3.67. The Labute approximate surface area is 173 Å². The maximum Gasteiger partial charge on any atom is 0.261 e. The maximum absolute atomic E-state index is 10.1. The van der Waals surface area contributed by atoms with Crippen LogP contribution in [0.5, 0.6) is 5.75 Å². The molecule has 1 heterocycles. The summed E-state index contributed by atoms with van der Waals surface area (Å²) in [6.45, 7) is 4.07. The molecule has 1 aliphatic heterocycles. The van der Waals surface area contributed by atoms with Gasteiger partial charge >= 0.3 is 0 Å². The molecular weight excluding hydrogens is 386 g/mol. The molecule has 5 nitrogen and oxygen atoms in total. The van der Waals surface area contributed by atoms with Crippen molar-refractivity contribution < 1.29 is 18.1 Å². The highest BCUT2D eigenvalue weighted by atomic mass is 32.2. The predicted molar refractivity (Wildman–Crippen MR) is 114 cm³/mol. The molecular formula is C23H27NO4S. The van der Waals surface area contributed by atoms with E-state index >= 15 is 0 Å². The molecule has 2 aliphatic rings. The summed E-state index contributed by atoms with van der Waals surface area (Å²) in [6, 6.07) is 17.1. The second-order valence-electron chi connectivity index (χ2n) is 7.90. The number of nitrogens with zero attached hydrogens (tertiary/aromatic N) is 1. The zero-order chi connectivity index (χ0) is 21.2. The normalized spacial score (nSPS) is 25.9. The number of terminal acetylenes is 1. The molecule has 3 unspecified atom stereocenters. The van der Waals surface area contributed by atoms with E-state index in [0.717, 1.165) is 19.4 Å². The van der Waals surface area contributed by atoms with Crippen LogP contribution in [0.25, 0.3) is 0 Å². The second-order valence-corrected chi connectivity index (χ2v) is 9.36. The lowest BCUT2D eigenvalue weighted by atomic mass is 9.55. The molecule has 2 aromatic carbocycles. The minimum absolute atomic E-state index is 0.0383. The quantitative estimate of drug-likeness (QED) is 0.584. The Hall–Kier alpha value is -2.33. The average Bonchev–Trinajstić information content (AvgIpc) is 2.65. The Kier molecular flexibility index (Phi) is 6.04. The van der Waals surface area contributed by atoms with Gasteiger partial charge in [0, 0.05) is 18.0 Å². The molecule has 0 aromatic heterocycles. The highest BCUT2D eigenvalue weighted by Gasteiger charge is 2.51. The van der Waals surface area contributed by atoms with Gasteiger partial charge in [-0.15, -0.1) is 6.42 Å². The van der Waals surface area contributed by atoms with Gasteiger partial charge in [0.1, 0.15) is 5.75 Å². The van der Waals surface area contributed by atoms with Gasteiger partial charge in [-0.3, -0.25) is 9.45 Å². The average molecular weight is 414 g/mol. The highest BCUT2D eigenvalue weighted by molar-refractivity contribution is 7.85. The van der Waals surface area contributed by atoms with Crippen LogP contribution in [0.2, 0.25) is 0 Å². The molecule has 0 saturated carbocycles. The van der Waals surface area contributed by atoms with Crippen LogP contribution in [0.1, 0.15) is 30.0 Å². The lowest BCUT2D eigenvalue weighted by Crippen LogP contribution is -2.59. The van der Waals surface area contributed by atoms with Gasteiger partial charge < -0.3 is 5.11 Å². The molecule has 2 bridgehead atoms. The summed E-state index contributed by atoms with van der Waals surface area (Å²) in [5.74, 6) is 3.65. The lowest BCUT2D eigenvalue weighted by molar-refractivity contribution is 0.0514. The minimum Gasteiger partial charge on any atom is -0.508 e. The van der Waals surface area contributed by atoms with Crippen molar-refractivity contribution in [2.75, 3.05) is 19.3 Å². The van der Waals surface area contributed by atoms with Crippen molar-refractivity contribution in [3.63, 3.8) is 0 Å². The van der Waals surface area contributed by atoms with E-state index in [4.69, 9.17) is 11.0 Å². The van der Waals surface area contributed by atoms with Crippen molar-refractivity contribution in [2.45, 2.75) is 31.2 Å². The standard InChI is InChI=1S/C22H23NO.CH4O3S/c1-3-12-23-13-11-22(18-7-5-4-6-8-18)16(2)21(23)14-17-9-10-19(24)15-20(17)22;1-5(2,3)4/h1,4-10,15-16,21,24H,11-14H2,2H3;1H3,(H,2,3,4). The smallest absolute Gasteiger partial charge is 0.261 e. The summed E-state index contributed by atoms with van der Waals surface area (Å²) >= 11 is 0. The van der Waals surface area contributed by atoms with Gasteiger partial charge in [-0.1, -0.05) is 49.2 Å². The number of piperidine rings is 1. The molecule has 154 valence electrons. The van der Waals surface area contributed by atoms with Gasteiger partial charge in [0.25, 0.3) is 10.1 Å². The number of aromatic hydroxyl groups is 1. The molecule has 3 atom stereocenters. The molecule has 29 heavy (non-hydrogen) atoms. The van der Waals surface area contributed by atoms with Crippen molar-refractivity contribution >= 4 is 10.1 Å². The van der Waals surface area contributed by atoms with Gasteiger partial charge in [0.15, 0.2) is 0 Å². The number of rotatable bonds is 2. The summed E-state index contributed by atoms with van der Waals surface area (Å²) in [7, 11) is -3.67. The first-order valence-corrected chi connectivity index (χ1v) is 11.5. The maximum atomic E-state index is 10.1. The summed E-state index contributed by atoms with van der Waals surface area (Å²) in [4.78, 5) is 2.46. The fourth-order valence-electron chi connectivity index (χ4n) is 5.04. The number of likely N-dealkylation sites (tertiary alicyclic amines) is 1. The van der Waals surface area contributed by atoms with Crippen LogP contribution in [-0.4, -0.2) is 48.4 Å². The van der Waals surface area contributed by atoms with Crippen LogP contribution >= 0.6 is 0 Å². The van der Waals surface area contributed by atoms with Crippen LogP contribution < -0.4 is 0 Å². The Morgan fingerprint density at radius 3 is 2.52 bits per heavy atom. The predicted octanol–water partition coefficient (Wildman–Crippen LogP) is 3.08. The molecule has 0 radical (unpaired) electrons. The highest BCUT2D eigenvalue weighted by Crippen LogP contribution is 2.53. The zero-order valence-corrected chi connectivity index (χ0v) is 17.6. The summed E-state index contributed by atoms with van der Waals surface area (Å²) in [5, 5.41) is 10.1. The third-order valence-electron chi connectivity index (χ3n) is 6.20. The number of phenols is 1. The molecule has 0 spiro atoms. The van der Waals surface area contributed by atoms with Crippen molar-refractivity contribution in [3.05, 3.63) is 65.2 Å². The molecule has 6 heteroatoms. The number of hydrogen-bond acceptors (Lipinski definition) is 4. The van der Waals surface area contributed by atoms with Crippen molar-refractivity contribution in [1.82, 2.24) is 4.90 Å². The van der Waals surface area contributed by atoms with Crippen LogP contribution in [0.15, 0.2) is 48.5 Å². The number of benzene rings is 2. The van der Waals surface area contributed by atoms with E-state index in [9.17, 15) is 13.5 Å². The molecule has 2 aromatic rings. The topological polar surface area (TPSA) is 77.8 Å². The van der Waals surface area contributed by atoms with Gasteiger partial charge in [-0.2, -0.15) is 8.42 Å². The zero-order valence-electron chi connectivity index (χ0n) is 16.7. The molecule has 4 rings (SSSR count). The van der Waals surface area contributed by atoms with Crippen LogP contribution in [-0.2, 0) is 22.0 Å². The monoisotopic (exact) mass is 413 g/mol. The molecule has 2 N–H and O–H groups in total. The SMILES string of the molecule is C#CCN1CCC2(c3ccccc3)c3cc(O)ccc3CC1C2C.CS(=O)(=O)O. The Bertz CT molecular complexity index is 1000. The van der Waals surface area contributed by atoms with Crippen molar-refractivity contribution in [1.29, 1.82) is 0 Å². The van der Waals surface area contributed by atoms with E-state index in [-0.39, 0.29) is 5.41 Å². The molecule has 0 amide bonds. The van der Waals surface area contributed by atoms with Gasteiger partial charge in [-0.25, -0.2) is 0 Å². The first kappa shape index (κ1) is 21.4. The summed E-state index contributed by atoms with van der Waals surface area (Å²) in [6.07, 6.45) is 8.37. The Balaban J connectivity index is 0.000000431. The number of phenolic OH excluding ortho intramolecular Hbond substituents is 1. The number of fused-ring (bicyclic) bond motifs is 4. The first-order chi connectivity index (χ1) is 13.7. The van der Waals surface area contributed by atoms with Crippen molar-refractivity contribution in [3.8, 4) is 18.1 Å². The van der Waals surface area contributed by atoms with Crippen LogP contribution in [0, 0.1) is 18.3 Å². The first-order valence-electron chi connectivity index (χ1n) is 9.64.